The number of amides is 2. The van der Waals surface area contributed by atoms with Gasteiger partial charge in [0, 0.05) is 67.6 Å². The predicted molar refractivity (Wildman–Crippen MR) is 177 cm³/mol. The smallest absolute Gasteiger partial charge is 0.346 e. The van der Waals surface area contributed by atoms with Gasteiger partial charge in [0.05, 0.1) is 23.4 Å². The Balaban J connectivity index is 1.23. The van der Waals surface area contributed by atoms with E-state index in [1.165, 1.54) is 46.3 Å². The molecule has 49 heavy (non-hydrogen) atoms. The highest BCUT2D eigenvalue weighted by atomic mass is 35.5. The van der Waals surface area contributed by atoms with Gasteiger partial charge in [-0.15, -0.1) is 0 Å². The zero-order chi connectivity index (χ0) is 34.9. The first-order valence-corrected chi connectivity index (χ1v) is 16.1. The van der Waals surface area contributed by atoms with Gasteiger partial charge in [-0.1, -0.05) is 11.6 Å². The Labute approximate surface area is 283 Å². The third-order valence-electron chi connectivity index (χ3n) is 9.83. The Hall–Kier alpha value is -4.95. The molecule has 2 N–H and O–H groups in total. The summed E-state index contributed by atoms with van der Waals surface area (Å²) in [5, 5.41) is 9.34. The number of ether oxygens (including phenoxy) is 1. The number of anilines is 1. The van der Waals surface area contributed by atoms with E-state index in [1.807, 2.05) is 6.07 Å². The molecule has 2 aromatic carbocycles. The van der Waals surface area contributed by atoms with Crippen molar-refractivity contribution in [3.63, 3.8) is 0 Å². The second-order valence-corrected chi connectivity index (χ2v) is 13.2. The fraction of sp³-hybridized carbons (Fsp3) is 0.353. The molecular weight excluding hydrogens is 660 g/mol. The van der Waals surface area contributed by atoms with E-state index >= 15 is 8.78 Å². The van der Waals surface area contributed by atoms with Crippen molar-refractivity contribution in [1.29, 1.82) is 0 Å². The lowest BCUT2D eigenvalue weighted by Gasteiger charge is -2.50. The van der Waals surface area contributed by atoms with E-state index in [1.54, 1.807) is 0 Å². The van der Waals surface area contributed by atoms with Crippen LogP contribution in [0.15, 0.2) is 39.9 Å². The van der Waals surface area contributed by atoms with Crippen molar-refractivity contribution < 1.29 is 23.1 Å². The molecule has 2 aromatic heterocycles. The zero-order valence-electron chi connectivity index (χ0n) is 27.1. The number of benzene rings is 2. The maximum absolute atomic E-state index is 15.6. The molecular formula is C34H32ClF2N7O5. The molecule has 4 aromatic rings. The number of carbonyl (C=O) groups excluding carboxylic acids is 2. The van der Waals surface area contributed by atoms with E-state index in [4.69, 9.17) is 21.3 Å². The van der Waals surface area contributed by atoms with Crippen LogP contribution in [0.25, 0.3) is 22.4 Å². The van der Waals surface area contributed by atoms with Crippen molar-refractivity contribution in [2.24, 2.45) is 14.1 Å². The maximum Gasteiger partial charge on any atom is 0.346 e. The lowest BCUT2D eigenvalue weighted by molar-refractivity contribution is -0.121. The molecule has 2 aliphatic heterocycles. The monoisotopic (exact) mass is 691 g/mol. The van der Waals surface area contributed by atoms with Crippen molar-refractivity contribution in [3.8, 4) is 28.3 Å². The quantitative estimate of drug-likeness (QED) is 0.312. The molecule has 254 valence electrons. The number of nitrogens with one attached hydrogen (secondary N) is 2. The lowest BCUT2D eigenvalue weighted by atomic mass is 9.86. The number of nitrogens with zero attached hydrogens (tertiary/aromatic N) is 5. The summed E-state index contributed by atoms with van der Waals surface area (Å²) in [7, 11) is 4.04. The van der Waals surface area contributed by atoms with Gasteiger partial charge in [-0.05, 0) is 67.6 Å². The molecule has 1 atom stereocenters. The topological polar surface area (TPSA) is 140 Å². The molecule has 0 bridgehead atoms. The molecule has 4 heterocycles. The minimum atomic E-state index is -0.939. The third kappa shape index (κ3) is 5.29. The lowest BCUT2D eigenvalue weighted by Crippen LogP contribution is -2.67. The number of fused-ring (bicyclic) bond motifs is 1. The molecule has 12 nitrogen and oxygen atoms in total. The number of likely N-dealkylation sites (tertiary alicyclic amines) is 1. The van der Waals surface area contributed by atoms with Crippen LogP contribution in [0.1, 0.15) is 52.5 Å². The van der Waals surface area contributed by atoms with Crippen LogP contribution < -0.4 is 26.6 Å². The normalized spacial score (nSPS) is 17.9. The average molecular weight is 692 g/mol. The van der Waals surface area contributed by atoms with E-state index in [-0.39, 0.29) is 44.9 Å². The number of aryl methyl sites for hydroxylation is 2. The first-order valence-electron chi connectivity index (χ1n) is 15.7. The maximum atomic E-state index is 15.6. The summed E-state index contributed by atoms with van der Waals surface area (Å²) in [5.41, 5.74) is 0.193. The second kappa shape index (κ2) is 11.9. The van der Waals surface area contributed by atoms with Crippen LogP contribution in [0, 0.1) is 18.6 Å². The molecule has 0 saturated carbocycles. The number of methoxy groups -OCH3 is 1. The fourth-order valence-corrected chi connectivity index (χ4v) is 7.67. The standard InChI is InChI=1S/C34H32ClF2N7O5/c1-16-21(38-30(46)29-32(47)42(2)33(48)43(3)41-29)9-8-19(36)25(16)27-20(37)7-6-18(28(27)35)22-13-17-5-10-23(26(17)31(39-22)49-4)44-14-34(15-44)12-11-24(45)40-34/h6-9,13,23H,5,10-12,14-15H2,1-4H3,(H,38,46)(H,40,45). The van der Waals surface area contributed by atoms with E-state index < -0.39 is 34.5 Å². The van der Waals surface area contributed by atoms with Gasteiger partial charge < -0.3 is 15.4 Å². The predicted octanol–water partition coefficient (Wildman–Crippen LogP) is 3.66. The van der Waals surface area contributed by atoms with Crippen molar-refractivity contribution in [2.45, 2.75) is 44.2 Å². The van der Waals surface area contributed by atoms with Gasteiger partial charge >= 0.3 is 5.69 Å². The van der Waals surface area contributed by atoms with Gasteiger partial charge in [-0.2, -0.15) is 5.10 Å². The van der Waals surface area contributed by atoms with E-state index in [0.717, 1.165) is 58.8 Å². The van der Waals surface area contributed by atoms with Gasteiger partial charge in [0.25, 0.3) is 11.5 Å². The van der Waals surface area contributed by atoms with Gasteiger partial charge in [0.1, 0.15) is 11.6 Å². The van der Waals surface area contributed by atoms with Gasteiger partial charge in [-0.3, -0.25) is 23.9 Å². The Kier molecular flexibility index (Phi) is 7.90. The number of pyridine rings is 1. The summed E-state index contributed by atoms with van der Waals surface area (Å²) in [6.45, 7) is 2.99. The Morgan fingerprint density at radius 3 is 2.49 bits per heavy atom. The van der Waals surface area contributed by atoms with Crippen molar-refractivity contribution in [2.75, 3.05) is 25.5 Å². The first-order chi connectivity index (χ1) is 23.3. The molecule has 3 aliphatic rings. The molecule has 1 spiro atoms. The van der Waals surface area contributed by atoms with Crippen LogP contribution in [0.2, 0.25) is 5.02 Å². The van der Waals surface area contributed by atoms with E-state index in [9.17, 15) is 19.2 Å². The Morgan fingerprint density at radius 2 is 1.80 bits per heavy atom. The molecule has 2 amide bonds. The molecule has 2 fully saturated rings. The van der Waals surface area contributed by atoms with Crippen LogP contribution in [-0.4, -0.2) is 61.8 Å². The summed E-state index contributed by atoms with van der Waals surface area (Å²) >= 11 is 6.89. The molecule has 15 heteroatoms. The highest BCUT2D eigenvalue weighted by Crippen LogP contribution is 2.48. The van der Waals surface area contributed by atoms with Crippen LogP contribution in [-0.2, 0) is 25.3 Å². The third-order valence-corrected chi connectivity index (χ3v) is 10.2. The minimum absolute atomic E-state index is 0.0692. The highest BCUT2D eigenvalue weighted by molar-refractivity contribution is 6.36. The van der Waals surface area contributed by atoms with E-state index in [0.29, 0.717) is 23.6 Å². The minimum Gasteiger partial charge on any atom is -0.481 e. The Bertz CT molecular complexity index is 2210. The number of carbonyl (C=O) groups is 2. The SMILES string of the molecule is COc1nc(-c2ccc(F)c(-c3c(F)ccc(NC(=O)c4nn(C)c(=O)n(C)c4=O)c3C)c2Cl)cc2c1C(N1CC3(CCC(=O)N3)C1)CC2. The highest BCUT2D eigenvalue weighted by Gasteiger charge is 2.51. The number of rotatable bonds is 6. The summed E-state index contributed by atoms with van der Waals surface area (Å²) in [5.74, 6) is -2.03. The molecule has 7 rings (SSSR count). The number of hydrogen-bond acceptors (Lipinski definition) is 8. The van der Waals surface area contributed by atoms with Gasteiger partial charge in [0.15, 0.2) is 0 Å². The van der Waals surface area contributed by atoms with Crippen molar-refractivity contribution in [1.82, 2.24) is 29.5 Å². The van der Waals surface area contributed by atoms with Crippen molar-refractivity contribution >= 4 is 29.1 Å². The molecule has 0 radical (unpaired) electrons. The van der Waals surface area contributed by atoms with Crippen LogP contribution in [0.3, 0.4) is 0 Å². The summed E-state index contributed by atoms with van der Waals surface area (Å²) in [4.78, 5) is 56.7. The van der Waals surface area contributed by atoms with Crippen LogP contribution in [0.5, 0.6) is 5.88 Å². The number of hydrogen-bond donors (Lipinski definition) is 2. The van der Waals surface area contributed by atoms with E-state index in [2.05, 4.69) is 20.6 Å². The largest absolute Gasteiger partial charge is 0.481 e. The number of halogens is 3. The summed E-state index contributed by atoms with van der Waals surface area (Å²) in [6.07, 6.45) is 2.95. The van der Waals surface area contributed by atoms with Gasteiger partial charge in [-0.25, -0.2) is 23.2 Å². The summed E-state index contributed by atoms with van der Waals surface area (Å²) in [6, 6.07) is 6.95. The molecule has 2 saturated heterocycles. The zero-order valence-corrected chi connectivity index (χ0v) is 27.9. The average Bonchev–Trinajstić information content (AvgIpc) is 3.67. The Morgan fingerprint density at radius 1 is 1.08 bits per heavy atom. The molecule has 1 aliphatic carbocycles. The van der Waals surface area contributed by atoms with Crippen LogP contribution in [0.4, 0.5) is 14.5 Å². The van der Waals surface area contributed by atoms with Crippen molar-refractivity contribution in [3.05, 3.63) is 90.2 Å². The number of aromatic nitrogens is 4. The fourth-order valence-electron chi connectivity index (χ4n) is 7.33. The second-order valence-electron chi connectivity index (χ2n) is 12.8. The first kappa shape index (κ1) is 32.6. The van der Waals surface area contributed by atoms with Crippen LogP contribution >= 0.6 is 11.6 Å². The molecule has 1 unspecified atom stereocenters. The summed E-state index contributed by atoms with van der Waals surface area (Å²) < 4.78 is 38.5. The van der Waals surface area contributed by atoms with Gasteiger partial charge in [0.2, 0.25) is 17.5 Å².